The second kappa shape index (κ2) is 7.14. The Hall–Kier alpha value is -1.55. The standard InChI is InChI=1S/C15H24N2O2/c1-10-8-13(14(19-5)9-11(10)2)12(3)17-15(18)6-7-16-4/h8-9,12,16H,6-7H2,1-5H3,(H,17,18). The Labute approximate surface area is 115 Å². The predicted molar refractivity (Wildman–Crippen MR) is 77.6 cm³/mol. The molecule has 0 heterocycles. The van der Waals surface area contributed by atoms with Gasteiger partial charge in [-0.1, -0.05) is 6.07 Å². The van der Waals surface area contributed by atoms with Crippen LogP contribution in [-0.2, 0) is 4.79 Å². The third-order valence-corrected chi connectivity index (χ3v) is 3.29. The van der Waals surface area contributed by atoms with Crippen LogP contribution in [0, 0.1) is 13.8 Å². The van der Waals surface area contributed by atoms with Crippen LogP contribution in [0.2, 0.25) is 0 Å². The maximum absolute atomic E-state index is 11.7. The number of nitrogens with one attached hydrogen (secondary N) is 2. The highest BCUT2D eigenvalue weighted by atomic mass is 16.5. The topological polar surface area (TPSA) is 50.4 Å². The molecule has 0 radical (unpaired) electrons. The number of carbonyl (C=O) groups excluding carboxylic acids is 1. The number of hydrogen-bond acceptors (Lipinski definition) is 3. The van der Waals surface area contributed by atoms with Gasteiger partial charge in [0.05, 0.1) is 13.2 Å². The minimum absolute atomic E-state index is 0.0436. The van der Waals surface area contributed by atoms with Crippen molar-refractivity contribution in [3.05, 3.63) is 28.8 Å². The van der Waals surface area contributed by atoms with Gasteiger partial charge in [0.25, 0.3) is 0 Å². The Balaban J connectivity index is 2.83. The van der Waals surface area contributed by atoms with Crippen LogP contribution in [0.3, 0.4) is 0 Å². The van der Waals surface area contributed by atoms with Gasteiger partial charge in [-0.05, 0) is 45.0 Å². The van der Waals surface area contributed by atoms with Gasteiger partial charge in [-0.3, -0.25) is 4.79 Å². The van der Waals surface area contributed by atoms with Gasteiger partial charge < -0.3 is 15.4 Å². The molecule has 4 heteroatoms. The van der Waals surface area contributed by atoms with E-state index in [9.17, 15) is 4.79 Å². The summed E-state index contributed by atoms with van der Waals surface area (Å²) in [6.45, 7) is 6.78. The largest absolute Gasteiger partial charge is 0.496 e. The maximum atomic E-state index is 11.7. The smallest absolute Gasteiger partial charge is 0.221 e. The van der Waals surface area contributed by atoms with Crippen LogP contribution in [0.25, 0.3) is 0 Å². The summed E-state index contributed by atoms with van der Waals surface area (Å²) in [4.78, 5) is 11.7. The van der Waals surface area contributed by atoms with Gasteiger partial charge in [-0.25, -0.2) is 0 Å². The molecule has 0 saturated carbocycles. The summed E-state index contributed by atoms with van der Waals surface area (Å²) in [5.74, 6) is 0.867. The Bertz CT molecular complexity index is 444. The van der Waals surface area contributed by atoms with Gasteiger partial charge in [0, 0.05) is 18.5 Å². The molecule has 0 aliphatic heterocycles. The van der Waals surface area contributed by atoms with Crippen LogP contribution in [0.15, 0.2) is 12.1 Å². The average Bonchev–Trinajstić information content (AvgIpc) is 2.38. The zero-order valence-electron chi connectivity index (χ0n) is 12.5. The summed E-state index contributed by atoms with van der Waals surface area (Å²) in [7, 11) is 3.49. The molecular formula is C15H24N2O2. The fourth-order valence-electron chi connectivity index (χ4n) is 1.96. The first-order valence-electron chi connectivity index (χ1n) is 6.58. The van der Waals surface area contributed by atoms with E-state index in [1.807, 2.05) is 20.0 Å². The Morgan fingerprint density at radius 1 is 1.32 bits per heavy atom. The number of amides is 1. The number of methoxy groups -OCH3 is 1. The third kappa shape index (κ3) is 4.24. The first-order valence-corrected chi connectivity index (χ1v) is 6.58. The fraction of sp³-hybridized carbons (Fsp3) is 0.533. The molecule has 1 aromatic carbocycles. The molecule has 0 bridgehead atoms. The molecule has 0 fully saturated rings. The van der Waals surface area contributed by atoms with Crippen molar-refractivity contribution in [3.63, 3.8) is 0 Å². The lowest BCUT2D eigenvalue weighted by molar-refractivity contribution is -0.121. The monoisotopic (exact) mass is 264 g/mol. The number of ether oxygens (including phenoxy) is 1. The minimum atomic E-state index is -0.0568. The van der Waals surface area contributed by atoms with E-state index in [2.05, 4.69) is 30.5 Å². The van der Waals surface area contributed by atoms with E-state index in [0.29, 0.717) is 13.0 Å². The van der Waals surface area contributed by atoms with Crippen molar-refractivity contribution in [2.45, 2.75) is 33.2 Å². The molecule has 106 valence electrons. The second-order valence-electron chi connectivity index (χ2n) is 4.82. The molecule has 0 spiro atoms. The highest BCUT2D eigenvalue weighted by Crippen LogP contribution is 2.28. The van der Waals surface area contributed by atoms with Crippen LogP contribution >= 0.6 is 0 Å². The quantitative estimate of drug-likeness (QED) is 0.827. The minimum Gasteiger partial charge on any atom is -0.496 e. The van der Waals surface area contributed by atoms with Gasteiger partial charge in [0.15, 0.2) is 0 Å². The Kier molecular flexibility index (Phi) is 5.83. The van der Waals surface area contributed by atoms with Crippen molar-refractivity contribution >= 4 is 5.91 Å². The van der Waals surface area contributed by atoms with Gasteiger partial charge in [0.2, 0.25) is 5.91 Å². The Morgan fingerprint density at radius 3 is 2.53 bits per heavy atom. The van der Waals surface area contributed by atoms with Crippen molar-refractivity contribution in [1.29, 1.82) is 0 Å². The molecule has 1 unspecified atom stereocenters. The van der Waals surface area contributed by atoms with E-state index in [0.717, 1.165) is 11.3 Å². The summed E-state index contributed by atoms with van der Waals surface area (Å²) >= 11 is 0. The average molecular weight is 264 g/mol. The van der Waals surface area contributed by atoms with Crippen molar-refractivity contribution in [3.8, 4) is 5.75 Å². The maximum Gasteiger partial charge on any atom is 0.221 e. The van der Waals surface area contributed by atoms with Crippen molar-refractivity contribution in [2.75, 3.05) is 20.7 Å². The van der Waals surface area contributed by atoms with Gasteiger partial charge in [-0.2, -0.15) is 0 Å². The van der Waals surface area contributed by atoms with E-state index in [-0.39, 0.29) is 11.9 Å². The summed E-state index contributed by atoms with van der Waals surface area (Å²) in [5.41, 5.74) is 3.41. The molecule has 19 heavy (non-hydrogen) atoms. The highest BCUT2D eigenvalue weighted by molar-refractivity contribution is 5.76. The highest BCUT2D eigenvalue weighted by Gasteiger charge is 2.15. The molecule has 1 aromatic rings. The molecule has 0 aliphatic rings. The van der Waals surface area contributed by atoms with Crippen LogP contribution in [0.4, 0.5) is 0 Å². The van der Waals surface area contributed by atoms with Gasteiger partial charge in [0.1, 0.15) is 5.75 Å². The van der Waals surface area contributed by atoms with E-state index in [1.165, 1.54) is 11.1 Å². The number of hydrogen-bond donors (Lipinski definition) is 2. The lowest BCUT2D eigenvalue weighted by Gasteiger charge is -2.19. The number of benzene rings is 1. The molecular weight excluding hydrogens is 240 g/mol. The van der Waals surface area contributed by atoms with Crippen LogP contribution < -0.4 is 15.4 Å². The SMILES string of the molecule is CNCCC(=O)NC(C)c1cc(C)c(C)cc1OC. The third-order valence-electron chi connectivity index (χ3n) is 3.29. The zero-order valence-corrected chi connectivity index (χ0v) is 12.5. The molecule has 1 amide bonds. The summed E-state index contributed by atoms with van der Waals surface area (Å²) in [6, 6.07) is 4.04. The van der Waals surface area contributed by atoms with Crippen molar-refractivity contribution < 1.29 is 9.53 Å². The van der Waals surface area contributed by atoms with E-state index in [1.54, 1.807) is 7.11 Å². The lowest BCUT2D eigenvalue weighted by Crippen LogP contribution is -2.29. The first-order chi connectivity index (χ1) is 8.99. The second-order valence-corrected chi connectivity index (χ2v) is 4.82. The first kappa shape index (κ1) is 15.5. The number of rotatable bonds is 6. The molecule has 0 aromatic heterocycles. The molecule has 0 aliphatic carbocycles. The van der Waals surface area contributed by atoms with E-state index < -0.39 is 0 Å². The van der Waals surface area contributed by atoms with Gasteiger partial charge in [-0.15, -0.1) is 0 Å². The van der Waals surface area contributed by atoms with Crippen molar-refractivity contribution in [2.24, 2.45) is 0 Å². The van der Waals surface area contributed by atoms with Gasteiger partial charge >= 0.3 is 0 Å². The lowest BCUT2D eigenvalue weighted by atomic mass is 10.0. The normalized spacial score (nSPS) is 12.1. The van der Waals surface area contributed by atoms with Crippen LogP contribution in [0.5, 0.6) is 5.75 Å². The van der Waals surface area contributed by atoms with E-state index >= 15 is 0 Å². The molecule has 1 rings (SSSR count). The molecule has 2 N–H and O–H groups in total. The molecule has 0 saturated heterocycles. The zero-order chi connectivity index (χ0) is 14.4. The number of aryl methyl sites for hydroxylation is 2. The summed E-state index contributed by atoms with van der Waals surface area (Å²) < 4.78 is 5.40. The molecule has 1 atom stereocenters. The molecule has 4 nitrogen and oxygen atoms in total. The summed E-state index contributed by atoms with van der Waals surface area (Å²) in [6.07, 6.45) is 0.480. The van der Waals surface area contributed by atoms with E-state index in [4.69, 9.17) is 4.74 Å². The number of carbonyl (C=O) groups is 1. The predicted octanol–water partition coefficient (Wildman–Crippen LogP) is 2.10. The Morgan fingerprint density at radius 2 is 1.95 bits per heavy atom. The van der Waals surface area contributed by atoms with Crippen molar-refractivity contribution in [1.82, 2.24) is 10.6 Å². The van der Waals surface area contributed by atoms with Crippen LogP contribution in [-0.4, -0.2) is 26.6 Å². The summed E-state index contributed by atoms with van der Waals surface area (Å²) in [5, 5.41) is 5.96. The van der Waals surface area contributed by atoms with Crippen LogP contribution in [0.1, 0.15) is 36.1 Å². The fourth-order valence-corrected chi connectivity index (χ4v) is 1.96.